The highest BCUT2D eigenvalue weighted by molar-refractivity contribution is 5.27. The van der Waals surface area contributed by atoms with E-state index in [-0.39, 0.29) is 0 Å². The summed E-state index contributed by atoms with van der Waals surface area (Å²) < 4.78 is 0. The topological polar surface area (TPSA) is 3.24 Å². The van der Waals surface area contributed by atoms with Gasteiger partial charge in [0.25, 0.3) is 0 Å². The molecule has 0 spiro atoms. The fourth-order valence-corrected chi connectivity index (χ4v) is 3.18. The summed E-state index contributed by atoms with van der Waals surface area (Å²) in [5.74, 6) is 2.40. The summed E-state index contributed by atoms with van der Waals surface area (Å²) in [6, 6.07) is 0. The third-order valence-electron chi connectivity index (χ3n) is 3.80. The molecule has 0 aromatic heterocycles. The molecule has 0 amide bonds. The summed E-state index contributed by atoms with van der Waals surface area (Å²) in [5, 5.41) is 0. The van der Waals surface area contributed by atoms with E-state index in [2.05, 4.69) is 32.6 Å². The van der Waals surface area contributed by atoms with Gasteiger partial charge in [-0.2, -0.15) is 0 Å². The zero-order valence-electron chi connectivity index (χ0n) is 10.0. The van der Waals surface area contributed by atoms with Crippen LogP contribution in [-0.2, 0) is 0 Å². The van der Waals surface area contributed by atoms with Gasteiger partial charge in [-0.25, -0.2) is 0 Å². The van der Waals surface area contributed by atoms with E-state index in [0.717, 1.165) is 17.8 Å². The molecule has 80 valence electrons. The van der Waals surface area contributed by atoms with Crippen molar-refractivity contribution >= 4 is 0 Å². The van der Waals surface area contributed by atoms with Gasteiger partial charge in [-0.15, -0.1) is 0 Å². The fraction of sp³-hybridized carbons (Fsp3) is 0.846. The third-order valence-corrected chi connectivity index (χ3v) is 3.80. The summed E-state index contributed by atoms with van der Waals surface area (Å²) in [5.41, 5.74) is 3.54. The van der Waals surface area contributed by atoms with Crippen LogP contribution in [-0.4, -0.2) is 24.5 Å². The van der Waals surface area contributed by atoms with Crippen LogP contribution in [0.15, 0.2) is 11.1 Å². The number of hydrogen-bond acceptors (Lipinski definition) is 1. The molecule has 0 N–H and O–H groups in total. The Morgan fingerprint density at radius 3 is 2.43 bits per heavy atom. The Morgan fingerprint density at radius 1 is 1.14 bits per heavy atom. The minimum Gasteiger partial charge on any atom is -0.299 e. The lowest BCUT2D eigenvalue weighted by Gasteiger charge is -2.32. The van der Waals surface area contributed by atoms with Crippen LogP contribution in [0.25, 0.3) is 0 Å². The molecule has 2 rings (SSSR count). The lowest BCUT2D eigenvalue weighted by atomic mass is 9.80. The van der Waals surface area contributed by atoms with E-state index in [0.29, 0.717) is 0 Å². The predicted molar refractivity (Wildman–Crippen MR) is 61.2 cm³/mol. The Balaban J connectivity index is 2.33. The standard InChI is InChI=1S/C13H23N/c1-9(2)12-8-14-6-5-11(7-14)13(12)10(3)4/h9-11H,5-8H2,1-4H3. The van der Waals surface area contributed by atoms with E-state index >= 15 is 0 Å². The molecule has 2 bridgehead atoms. The van der Waals surface area contributed by atoms with Crippen molar-refractivity contribution in [2.45, 2.75) is 34.1 Å². The fourth-order valence-electron chi connectivity index (χ4n) is 3.18. The van der Waals surface area contributed by atoms with Crippen LogP contribution in [0.3, 0.4) is 0 Å². The third kappa shape index (κ3) is 1.63. The molecule has 0 aromatic rings. The molecule has 14 heavy (non-hydrogen) atoms. The van der Waals surface area contributed by atoms with Gasteiger partial charge in [0.1, 0.15) is 0 Å². The highest BCUT2D eigenvalue weighted by atomic mass is 15.2. The summed E-state index contributed by atoms with van der Waals surface area (Å²) in [6.45, 7) is 13.4. The first-order valence-corrected chi connectivity index (χ1v) is 6.04. The van der Waals surface area contributed by atoms with E-state index in [1.54, 1.807) is 11.1 Å². The lowest BCUT2D eigenvalue weighted by Crippen LogP contribution is -2.32. The van der Waals surface area contributed by atoms with E-state index in [4.69, 9.17) is 0 Å². The smallest absolute Gasteiger partial charge is 0.0198 e. The van der Waals surface area contributed by atoms with E-state index < -0.39 is 0 Å². The first-order chi connectivity index (χ1) is 6.59. The minimum atomic E-state index is 0.746. The average molecular weight is 193 g/mol. The Bertz CT molecular complexity index is 250. The van der Waals surface area contributed by atoms with E-state index in [1.165, 1.54) is 26.1 Å². The molecular weight excluding hydrogens is 170 g/mol. The molecule has 1 saturated heterocycles. The Kier molecular flexibility index (Phi) is 2.70. The molecule has 2 aliphatic heterocycles. The van der Waals surface area contributed by atoms with Gasteiger partial charge in [-0.3, -0.25) is 4.90 Å². The zero-order valence-corrected chi connectivity index (χ0v) is 10.0. The van der Waals surface area contributed by atoms with Gasteiger partial charge < -0.3 is 0 Å². The lowest BCUT2D eigenvalue weighted by molar-refractivity contribution is 0.320. The van der Waals surface area contributed by atoms with Crippen molar-refractivity contribution in [1.29, 1.82) is 0 Å². The van der Waals surface area contributed by atoms with Gasteiger partial charge in [-0.1, -0.05) is 38.8 Å². The molecule has 0 radical (unpaired) electrons. The Morgan fingerprint density at radius 2 is 1.86 bits per heavy atom. The molecule has 1 heteroatoms. The van der Waals surface area contributed by atoms with E-state index in [1.807, 2.05) is 0 Å². The molecule has 2 unspecified atom stereocenters. The highest BCUT2D eigenvalue weighted by Crippen LogP contribution is 2.38. The quantitative estimate of drug-likeness (QED) is 0.609. The maximum absolute atomic E-state index is 2.63. The largest absolute Gasteiger partial charge is 0.299 e. The first kappa shape index (κ1) is 10.2. The normalized spacial score (nSPS) is 32.1. The van der Waals surface area contributed by atoms with Gasteiger partial charge in [0.15, 0.2) is 0 Å². The molecular formula is C13H23N. The molecule has 2 heterocycles. The number of hydrogen-bond donors (Lipinski definition) is 0. The molecule has 2 atom stereocenters. The Hall–Kier alpha value is -0.300. The van der Waals surface area contributed by atoms with E-state index in [9.17, 15) is 0 Å². The van der Waals surface area contributed by atoms with Crippen molar-refractivity contribution in [2.75, 3.05) is 19.6 Å². The monoisotopic (exact) mass is 193 g/mol. The summed E-state index contributed by atoms with van der Waals surface area (Å²) in [4.78, 5) is 2.63. The van der Waals surface area contributed by atoms with Crippen molar-refractivity contribution in [3.63, 3.8) is 0 Å². The second-order valence-corrected chi connectivity index (χ2v) is 5.51. The van der Waals surface area contributed by atoms with Crippen LogP contribution in [0.5, 0.6) is 0 Å². The molecule has 1 fully saturated rings. The van der Waals surface area contributed by atoms with Crippen molar-refractivity contribution in [2.24, 2.45) is 17.8 Å². The highest BCUT2D eigenvalue weighted by Gasteiger charge is 2.34. The van der Waals surface area contributed by atoms with Crippen LogP contribution in [0.1, 0.15) is 34.1 Å². The molecule has 0 aromatic carbocycles. The summed E-state index contributed by atoms with van der Waals surface area (Å²) >= 11 is 0. The average Bonchev–Trinajstić information content (AvgIpc) is 2.46. The van der Waals surface area contributed by atoms with Gasteiger partial charge in [0, 0.05) is 13.1 Å². The van der Waals surface area contributed by atoms with Gasteiger partial charge >= 0.3 is 0 Å². The first-order valence-electron chi connectivity index (χ1n) is 6.04. The van der Waals surface area contributed by atoms with Gasteiger partial charge in [0.05, 0.1) is 0 Å². The second kappa shape index (κ2) is 3.69. The van der Waals surface area contributed by atoms with Crippen LogP contribution < -0.4 is 0 Å². The van der Waals surface area contributed by atoms with Crippen LogP contribution in [0.4, 0.5) is 0 Å². The maximum atomic E-state index is 2.63. The van der Waals surface area contributed by atoms with Gasteiger partial charge in [-0.05, 0) is 30.7 Å². The van der Waals surface area contributed by atoms with Crippen LogP contribution in [0, 0.1) is 17.8 Å². The number of rotatable bonds is 2. The minimum absolute atomic E-state index is 0.746. The zero-order chi connectivity index (χ0) is 10.3. The SMILES string of the molecule is CC(C)C1=C(C(C)C)C2CCN(C1)C2. The number of fused-ring (bicyclic) bond motifs is 2. The van der Waals surface area contributed by atoms with Gasteiger partial charge in [0.2, 0.25) is 0 Å². The molecule has 2 aliphatic rings. The predicted octanol–water partition coefficient (Wildman–Crippen LogP) is 2.93. The molecule has 0 saturated carbocycles. The van der Waals surface area contributed by atoms with Crippen molar-refractivity contribution in [3.8, 4) is 0 Å². The molecule has 0 aliphatic carbocycles. The summed E-state index contributed by atoms with van der Waals surface area (Å²) in [6.07, 6.45) is 1.41. The van der Waals surface area contributed by atoms with Crippen molar-refractivity contribution in [1.82, 2.24) is 4.90 Å². The Labute approximate surface area is 88.2 Å². The maximum Gasteiger partial charge on any atom is 0.0198 e. The van der Waals surface area contributed by atoms with Crippen molar-refractivity contribution < 1.29 is 0 Å². The van der Waals surface area contributed by atoms with Crippen molar-refractivity contribution in [3.05, 3.63) is 11.1 Å². The summed E-state index contributed by atoms with van der Waals surface area (Å²) in [7, 11) is 0. The number of nitrogens with zero attached hydrogens (tertiary/aromatic N) is 1. The second-order valence-electron chi connectivity index (χ2n) is 5.51. The van der Waals surface area contributed by atoms with Crippen LogP contribution in [0.2, 0.25) is 0 Å². The molecule has 1 nitrogen and oxygen atoms in total. The van der Waals surface area contributed by atoms with Crippen LogP contribution >= 0.6 is 0 Å².